The summed E-state index contributed by atoms with van der Waals surface area (Å²) in [7, 11) is 0. The minimum atomic E-state index is -0.189. The Morgan fingerprint density at radius 2 is 1.70 bits per heavy atom. The van der Waals surface area contributed by atoms with Gasteiger partial charge in [0.2, 0.25) is 0 Å². The first kappa shape index (κ1) is 20.7. The summed E-state index contributed by atoms with van der Waals surface area (Å²) in [4.78, 5) is 0. The molecule has 0 amide bonds. The lowest BCUT2D eigenvalue weighted by Crippen LogP contribution is -2.68. The number of phenols is 1. The van der Waals surface area contributed by atoms with Crippen molar-refractivity contribution in [3.8, 4) is 11.5 Å². The van der Waals surface area contributed by atoms with Crippen molar-refractivity contribution < 1.29 is 14.9 Å². The summed E-state index contributed by atoms with van der Waals surface area (Å²) in [6, 6.07) is 3.78. The molecule has 166 valence electrons. The van der Waals surface area contributed by atoms with Gasteiger partial charge in [-0.15, -0.1) is 0 Å². The fourth-order valence-corrected chi connectivity index (χ4v) is 9.11. The average molecular weight is 413 g/mol. The van der Waals surface area contributed by atoms with Crippen LogP contribution in [0, 0.1) is 40.9 Å². The molecule has 5 rings (SSSR count). The molecule has 4 unspecified atom stereocenters. The van der Waals surface area contributed by atoms with E-state index in [-0.39, 0.29) is 27.9 Å². The molecule has 0 bridgehead atoms. The molecule has 1 aromatic carbocycles. The lowest BCUT2D eigenvalue weighted by atomic mass is 9.37. The Labute approximate surface area is 182 Å². The number of aliphatic hydroxyl groups is 1. The molecule has 3 nitrogen and oxygen atoms in total. The second-order valence-corrected chi connectivity index (χ2v) is 12.3. The second kappa shape index (κ2) is 6.18. The van der Waals surface area contributed by atoms with Crippen LogP contribution < -0.4 is 4.74 Å². The van der Waals surface area contributed by atoms with Crippen molar-refractivity contribution in [1.82, 2.24) is 0 Å². The number of fused-ring (bicyclic) bond motifs is 5. The Balaban J connectivity index is 1.59. The first-order chi connectivity index (χ1) is 14.0. The van der Waals surface area contributed by atoms with Crippen molar-refractivity contribution in [2.24, 2.45) is 34.0 Å². The van der Waals surface area contributed by atoms with E-state index in [2.05, 4.69) is 41.5 Å². The van der Waals surface area contributed by atoms with E-state index >= 15 is 0 Å². The number of aromatic hydroxyl groups is 1. The lowest BCUT2D eigenvalue weighted by molar-refractivity contribution is -0.238. The summed E-state index contributed by atoms with van der Waals surface area (Å²) in [6.45, 7) is 14.1. The number of ether oxygens (including phenoxy) is 1. The zero-order valence-corrected chi connectivity index (χ0v) is 19.7. The highest BCUT2D eigenvalue weighted by Crippen LogP contribution is 2.71. The molecule has 1 aromatic rings. The Hall–Kier alpha value is -1.22. The van der Waals surface area contributed by atoms with Crippen LogP contribution in [0.4, 0.5) is 0 Å². The summed E-state index contributed by atoms with van der Waals surface area (Å²) in [5.41, 5.74) is 2.39. The third-order valence-corrected chi connectivity index (χ3v) is 10.8. The largest absolute Gasteiger partial charge is 0.508 e. The fourth-order valence-electron chi connectivity index (χ4n) is 9.11. The van der Waals surface area contributed by atoms with Crippen LogP contribution in [-0.2, 0) is 6.42 Å². The number of benzene rings is 1. The van der Waals surface area contributed by atoms with Gasteiger partial charge in [-0.3, -0.25) is 0 Å². The van der Waals surface area contributed by atoms with Crippen molar-refractivity contribution in [2.45, 2.75) is 98.2 Å². The maximum absolute atomic E-state index is 10.8. The zero-order chi connectivity index (χ0) is 21.7. The molecular weight excluding hydrogens is 372 g/mol. The van der Waals surface area contributed by atoms with E-state index in [9.17, 15) is 10.2 Å². The summed E-state index contributed by atoms with van der Waals surface area (Å²) in [5.74, 6) is 3.04. The third kappa shape index (κ3) is 2.36. The number of hydrogen-bond donors (Lipinski definition) is 2. The SMILES string of the molecule is Cc1cc(O)cc2c1O[C@]1(C2)[C@@H](C)CCC2C3(C)CCC(O)C(C)(C)[C@@H]3CCC21C. The van der Waals surface area contributed by atoms with E-state index in [0.717, 1.165) is 37.0 Å². The van der Waals surface area contributed by atoms with Gasteiger partial charge in [0.15, 0.2) is 0 Å². The molecule has 3 fully saturated rings. The predicted octanol–water partition coefficient (Wildman–Crippen LogP) is 6.02. The minimum Gasteiger partial charge on any atom is -0.508 e. The van der Waals surface area contributed by atoms with Crippen LogP contribution in [0.3, 0.4) is 0 Å². The molecule has 0 saturated heterocycles. The van der Waals surface area contributed by atoms with Crippen LogP contribution in [0.1, 0.15) is 84.3 Å². The van der Waals surface area contributed by atoms with E-state index in [1.807, 2.05) is 12.1 Å². The standard InChI is InChI=1S/C27H40O3/c1-16-13-19(28)14-18-15-27(30-23(16)18)17(2)7-8-21-25(5)11-10-22(29)24(3,4)20(25)9-12-26(21,27)6/h13-14,17,20-22,28-29H,7-12,15H2,1-6H3/t17-,20-,21?,22?,25?,26?,27+/m0/s1. The normalized spacial score (nSPS) is 46.6. The van der Waals surface area contributed by atoms with Gasteiger partial charge in [0.25, 0.3) is 0 Å². The van der Waals surface area contributed by atoms with Gasteiger partial charge in [-0.2, -0.15) is 0 Å². The lowest BCUT2D eigenvalue weighted by Gasteiger charge is -2.69. The van der Waals surface area contributed by atoms with Gasteiger partial charge in [-0.25, -0.2) is 0 Å². The Morgan fingerprint density at radius 1 is 0.967 bits per heavy atom. The molecule has 0 aromatic heterocycles. The van der Waals surface area contributed by atoms with Crippen LogP contribution in [0.15, 0.2) is 12.1 Å². The maximum atomic E-state index is 10.8. The van der Waals surface area contributed by atoms with Crippen molar-refractivity contribution in [1.29, 1.82) is 0 Å². The van der Waals surface area contributed by atoms with E-state index in [1.54, 1.807) is 0 Å². The Kier molecular flexibility index (Phi) is 4.26. The highest BCUT2D eigenvalue weighted by molar-refractivity contribution is 5.51. The number of rotatable bonds is 0. The summed E-state index contributed by atoms with van der Waals surface area (Å²) in [6.07, 6.45) is 7.58. The first-order valence-corrected chi connectivity index (χ1v) is 12.2. The highest BCUT2D eigenvalue weighted by atomic mass is 16.5. The second-order valence-electron chi connectivity index (χ2n) is 12.3. The third-order valence-electron chi connectivity index (χ3n) is 10.8. The highest BCUT2D eigenvalue weighted by Gasteiger charge is 2.69. The molecule has 3 heteroatoms. The first-order valence-electron chi connectivity index (χ1n) is 12.2. The zero-order valence-electron chi connectivity index (χ0n) is 19.7. The van der Waals surface area contributed by atoms with E-state index in [1.165, 1.54) is 24.8 Å². The maximum Gasteiger partial charge on any atom is 0.126 e. The number of aliphatic hydroxyl groups excluding tert-OH is 1. The van der Waals surface area contributed by atoms with Crippen LogP contribution in [0.2, 0.25) is 0 Å². The average Bonchev–Trinajstić information content (AvgIpc) is 3.05. The van der Waals surface area contributed by atoms with Gasteiger partial charge in [-0.1, -0.05) is 34.6 Å². The van der Waals surface area contributed by atoms with Gasteiger partial charge in [-0.05, 0) is 91.7 Å². The summed E-state index contributed by atoms with van der Waals surface area (Å²) >= 11 is 0. The monoisotopic (exact) mass is 412 g/mol. The quantitative estimate of drug-likeness (QED) is 0.547. The van der Waals surface area contributed by atoms with Gasteiger partial charge >= 0.3 is 0 Å². The molecule has 0 radical (unpaired) electrons. The van der Waals surface area contributed by atoms with Crippen LogP contribution in [0.25, 0.3) is 0 Å². The predicted molar refractivity (Wildman–Crippen MR) is 120 cm³/mol. The molecule has 7 atom stereocenters. The topological polar surface area (TPSA) is 49.7 Å². The van der Waals surface area contributed by atoms with E-state index < -0.39 is 0 Å². The number of phenolic OH excluding ortho intramolecular Hbond substituents is 1. The van der Waals surface area contributed by atoms with Crippen molar-refractivity contribution in [3.63, 3.8) is 0 Å². The molecule has 1 heterocycles. The molecule has 3 saturated carbocycles. The molecular formula is C27H40O3. The molecule has 1 spiro atoms. The minimum absolute atomic E-state index is 0.0214. The smallest absolute Gasteiger partial charge is 0.126 e. The van der Waals surface area contributed by atoms with Crippen LogP contribution >= 0.6 is 0 Å². The van der Waals surface area contributed by atoms with Crippen molar-refractivity contribution in [2.75, 3.05) is 0 Å². The van der Waals surface area contributed by atoms with Crippen molar-refractivity contribution in [3.05, 3.63) is 23.3 Å². The molecule has 1 aliphatic heterocycles. The summed E-state index contributed by atoms with van der Waals surface area (Å²) in [5, 5.41) is 21.0. The van der Waals surface area contributed by atoms with E-state index in [0.29, 0.717) is 23.5 Å². The number of aryl methyl sites for hydroxylation is 1. The Bertz CT molecular complexity index is 875. The van der Waals surface area contributed by atoms with Gasteiger partial charge in [0.1, 0.15) is 17.1 Å². The van der Waals surface area contributed by atoms with Crippen LogP contribution in [-0.4, -0.2) is 21.9 Å². The molecule has 4 aliphatic rings. The van der Waals surface area contributed by atoms with Gasteiger partial charge < -0.3 is 14.9 Å². The van der Waals surface area contributed by atoms with Gasteiger partial charge in [0, 0.05) is 17.4 Å². The molecule has 2 N–H and O–H groups in total. The van der Waals surface area contributed by atoms with Gasteiger partial charge in [0.05, 0.1) is 6.10 Å². The molecule has 30 heavy (non-hydrogen) atoms. The number of hydrogen-bond acceptors (Lipinski definition) is 3. The van der Waals surface area contributed by atoms with Crippen LogP contribution in [0.5, 0.6) is 11.5 Å². The van der Waals surface area contributed by atoms with Crippen molar-refractivity contribution >= 4 is 0 Å². The Morgan fingerprint density at radius 3 is 2.43 bits per heavy atom. The molecule has 3 aliphatic carbocycles. The fraction of sp³-hybridized carbons (Fsp3) is 0.778. The van der Waals surface area contributed by atoms with E-state index in [4.69, 9.17) is 4.74 Å². The summed E-state index contributed by atoms with van der Waals surface area (Å²) < 4.78 is 7.04.